The van der Waals surface area contributed by atoms with Gasteiger partial charge in [-0.1, -0.05) is 23.2 Å². The molecule has 2 aromatic rings. The van der Waals surface area contributed by atoms with Gasteiger partial charge < -0.3 is 4.74 Å². The van der Waals surface area contributed by atoms with Gasteiger partial charge >= 0.3 is 5.97 Å². The lowest BCUT2D eigenvalue weighted by molar-refractivity contribution is -0.142. The maximum atomic E-state index is 12.4. The molecule has 0 N–H and O–H groups in total. The van der Waals surface area contributed by atoms with Crippen LogP contribution in [0.15, 0.2) is 58.3 Å². The van der Waals surface area contributed by atoms with E-state index in [1.165, 1.54) is 7.11 Å². The molecule has 0 aromatic heterocycles. The molecular formula is C18H18Cl2O3S. The number of methoxy groups -OCH3 is 1. The van der Waals surface area contributed by atoms with E-state index in [4.69, 9.17) is 23.2 Å². The molecule has 24 heavy (non-hydrogen) atoms. The summed E-state index contributed by atoms with van der Waals surface area (Å²) in [5.74, 6) is -0.413. The number of ketones is 1. The molecule has 0 aliphatic rings. The molecule has 0 saturated heterocycles. The Labute approximate surface area is 153 Å². The quantitative estimate of drug-likeness (QED) is 0.520. The molecule has 0 fully saturated rings. The van der Waals surface area contributed by atoms with Crippen LogP contribution in [0.4, 0.5) is 0 Å². The number of Topliss-reactive ketones (excluding diaryl/α,β-unsaturated/α-hetero) is 1. The second-order valence-electron chi connectivity index (χ2n) is 5.43. The van der Waals surface area contributed by atoms with Gasteiger partial charge in [0, 0.05) is 15.8 Å². The number of hydrogen-bond acceptors (Lipinski definition) is 3. The lowest BCUT2D eigenvalue weighted by Crippen LogP contribution is -2.18. The largest absolute Gasteiger partial charge is 0.469 e. The zero-order valence-corrected chi connectivity index (χ0v) is 15.8. The minimum Gasteiger partial charge on any atom is -0.469 e. The van der Waals surface area contributed by atoms with E-state index in [2.05, 4.69) is 11.0 Å². The lowest BCUT2D eigenvalue weighted by atomic mass is 10.3. The highest BCUT2D eigenvalue weighted by molar-refractivity contribution is 8.33. The first-order chi connectivity index (χ1) is 11.3. The van der Waals surface area contributed by atoms with Gasteiger partial charge in [0.1, 0.15) is 6.42 Å². The monoisotopic (exact) mass is 384 g/mol. The molecule has 0 bridgehead atoms. The predicted octanol–water partition coefficient (Wildman–Crippen LogP) is 4.98. The van der Waals surface area contributed by atoms with Crippen molar-refractivity contribution in [1.82, 2.24) is 0 Å². The van der Waals surface area contributed by atoms with Gasteiger partial charge in [0.05, 0.1) is 7.11 Å². The molecular weight excluding hydrogens is 367 g/mol. The molecule has 0 saturated carbocycles. The van der Waals surface area contributed by atoms with Crippen LogP contribution >= 0.6 is 33.2 Å². The predicted molar refractivity (Wildman–Crippen MR) is 99.5 cm³/mol. The molecule has 0 amide bonds. The number of rotatable bonds is 6. The van der Waals surface area contributed by atoms with Crippen LogP contribution in [0.3, 0.4) is 0 Å². The summed E-state index contributed by atoms with van der Waals surface area (Å²) in [5.41, 5.74) is 0. The van der Waals surface area contributed by atoms with Gasteiger partial charge in [0.2, 0.25) is 0 Å². The summed E-state index contributed by atoms with van der Waals surface area (Å²) in [6.07, 6.45) is 1.83. The first-order valence-corrected chi connectivity index (χ1v) is 10.2. The summed E-state index contributed by atoms with van der Waals surface area (Å²) in [4.78, 5) is 25.8. The van der Waals surface area contributed by atoms with Gasteiger partial charge in [0.15, 0.2) is 5.78 Å². The summed E-state index contributed by atoms with van der Waals surface area (Å²) in [6, 6.07) is 14.9. The number of benzene rings is 2. The van der Waals surface area contributed by atoms with Crippen LogP contribution in [-0.2, 0) is 14.3 Å². The van der Waals surface area contributed by atoms with Crippen molar-refractivity contribution in [2.45, 2.75) is 16.2 Å². The van der Waals surface area contributed by atoms with Crippen LogP contribution < -0.4 is 0 Å². The van der Waals surface area contributed by atoms with E-state index < -0.39 is 16.0 Å². The Morgan fingerprint density at radius 2 is 1.33 bits per heavy atom. The number of ether oxygens (including phenoxy) is 1. The van der Waals surface area contributed by atoms with E-state index in [9.17, 15) is 9.59 Å². The molecule has 0 unspecified atom stereocenters. The third kappa shape index (κ3) is 4.53. The van der Waals surface area contributed by atoms with Crippen molar-refractivity contribution in [3.63, 3.8) is 0 Å². The molecule has 0 spiro atoms. The Kier molecular flexibility index (Phi) is 6.33. The molecule has 128 valence electrons. The van der Waals surface area contributed by atoms with Crippen molar-refractivity contribution in [3.8, 4) is 0 Å². The highest BCUT2D eigenvalue weighted by atomic mass is 35.5. The maximum Gasteiger partial charge on any atom is 0.313 e. The van der Waals surface area contributed by atoms with Crippen LogP contribution in [0, 0.1) is 0 Å². The van der Waals surface area contributed by atoms with Crippen LogP contribution in [0.5, 0.6) is 0 Å². The van der Waals surface area contributed by atoms with Crippen LogP contribution in [0.2, 0.25) is 10.0 Å². The smallest absolute Gasteiger partial charge is 0.313 e. The Morgan fingerprint density at radius 3 is 1.71 bits per heavy atom. The van der Waals surface area contributed by atoms with E-state index in [0.717, 1.165) is 9.79 Å². The van der Waals surface area contributed by atoms with E-state index in [0.29, 0.717) is 10.0 Å². The minimum absolute atomic E-state index is 0.149. The van der Waals surface area contributed by atoms with E-state index >= 15 is 0 Å². The SMILES string of the molecule is COC(=O)CC(=O)CS(C)(c1ccc(Cl)cc1)c1ccc(Cl)cc1. The van der Waals surface area contributed by atoms with Gasteiger partial charge in [-0.15, -0.1) is 0 Å². The molecule has 3 nitrogen and oxygen atoms in total. The third-order valence-electron chi connectivity index (χ3n) is 3.69. The summed E-state index contributed by atoms with van der Waals surface area (Å²) >= 11 is 12.0. The van der Waals surface area contributed by atoms with Gasteiger partial charge in [-0.25, -0.2) is 0 Å². The standard InChI is InChI=1S/C18H18Cl2O3S/c1-23-18(22)11-15(21)12-24(2,16-7-3-13(19)4-8-16)17-9-5-14(20)6-10-17/h3-10H,11-12H2,1-2H3. The molecule has 6 heteroatoms. The second kappa shape index (κ2) is 8.06. The van der Waals surface area contributed by atoms with E-state index in [1.54, 1.807) is 0 Å². The molecule has 0 aliphatic carbocycles. The van der Waals surface area contributed by atoms with Crippen molar-refractivity contribution in [1.29, 1.82) is 0 Å². The number of carbonyl (C=O) groups excluding carboxylic acids is 2. The van der Waals surface area contributed by atoms with Gasteiger partial charge in [-0.3, -0.25) is 9.59 Å². The maximum absolute atomic E-state index is 12.4. The van der Waals surface area contributed by atoms with Gasteiger partial charge in [0.25, 0.3) is 0 Å². The number of esters is 1. The lowest BCUT2D eigenvalue weighted by Gasteiger charge is -2.36. The molecule has 0 radical (unpaired) electrons. The Bertz CT molecular complexity index is 681. The number of hydrogen-bond donors (Lipinski definition) is 0. The topological polar surface area (TPSA) is 43.4 Å². The minimum atomic E-state index is -1.66. The highest BCUT2D eigenvalue weighted by Crippen LogP contribution is 2.59. The first kappa shape index (κ1) is 18.8. The molecule has 2 rings (SSSR count). The van der Waals surface area contributed by atoms with Crippen molar-refractivity contribution in [3.05, 3.63) is 58.6 Å². The fourth-order valence-corrected chi connectivity index (χ4v) is 5.46. The van der Waals surface area contributed by atoms with Gasteiger partial charge in [-0.2, -0.15) is 10.0 Å². The van der Waals surface area contributed by atoms with Crippen molar-refractivity contribution < 1.29 is 14.3 Å². The summed E-state index contributed by atoms with van der Waals surface area (Å²) < 4.78 is 4.59. The molecule has 0 atom stereocenters. The summed E-state index contributed by atoms with van der Waals surface area (Å²) in [6.45, 7) is 0. The average Bonchev–Trinajstić information content (AvgIpc) is 2.55. The third-order valence-corrected chi connectivity index (χ3v) is 7.72. The molecule has 2 aromatic carbocycles. The molecule has 0 aliphatic heterocycles. The Balaban J connectivity index is 2.40. The van der Waals surface area contributed by atoms with Crippen molar-refractivity contribution >= 4 is 45.0 Å². The van der Waals surface area contributed by atoms with E-state index in [1.807, 2.05) is 48.5 Å². The summed E-state index contributed by atoms with van der Waals surface area (Å²) in [7, 11) is -0.380. The van der Waals surface area contributed by atoms with Gasteiger partial charge in [-0.05, 0) is 64.6 Å². The van der Waals surface area contributed by atoms with Crippen LogP contribution in [0.1, 0.15) is 6.42 Å². The molecule has 0 heterocycles. The van der Waals surface area contributed by atoms with Crippen molar-refractivity contribution in [2.24, 2.45) is 0 Å². The normalized spacial score (nSPS) is 11.8. The fourth-order valence-electron chi connectivity index (χ4n) is 2.38. The number of halogens is 2. The number of carbonyl (C=O) groups is 2. The van der Waals surface area contributed by atoms with Crippen LogP contribution in [-0.4, -0.2) is 30.9 Å². The van der Waals surface area contributed by atoms with E-state index in [-0.39, 0.29) is 18.0 Å². The Hall–Kier alpha value is -1.49. The van der Waals surface area contributed by atoms with Crippen LogP contribution in [0.25, 0.3) is 0 Å². The second-order valence-corrected chi connectivity index (χ2v) is 9.71. The first-order valence-electron chi connectivity index (χ1n) is 7.21. The summed E-state index contributed by atoms with van der Waals surface area (Å²) in [5, 5.41) is 1.27. The highest BCUT2D eigenvalue weighted by Gasteiger charge is 2.27. The zero-order chi connectivity index (χ0) is 17.7. The Morgan fingerprint density at radius 1 is 0.917 bits per heavy atom. The fraction of sp³-hybridized carbons (Fsp3) is 0.222. The van der Waals surface area contributed by atoms with Crippen molar-refractivity contribution in [2.75, 3.05) is 19.1 Å². The zero-order valence-electron chi connectivity index (χ0n) is 13.4. The average molecular weight is 385 g/mol.